The second-order valence-corrected chi connectivity index (χ2v) is 4.48. The largest absolute Gasteiger partial charge is 0.379 e. The first-order valence-corrected chi connectivity index (χ1v) is 6.00. The highest BCUT2D eigenvalue weighted by Crippen LogP contribution is 2.28. The van der Waals surface area contributed by atoms with E-state index in [1.807, 2.05) is 25.1 Å². The van der Waals surface area contributed by atoms with E-state index in [0.29, 0.717) is 6.54 Å². The van der Waals surface area contributed by atoms with Gasteiger partial charge < -0.3 is 10.2 Å². The van der Waals surface area contributed by atoms with Gasteiger partial charge in [0.05, 0.1) is 16.1 Å². The number of benzene rings is 1. The summed E-state index contributed by atoms with van der Waals surface area (Å²) in [5, 5.41) is 31.8. The molecule has 0 aliphatic rings. The topological polar surface area (TPSA) is 106 Å². The summed E-state index contributed by atoms with van der Waals surface area (Å²) >= 11 is 0. The van der Waals surface area contributed by atoms with E-state index in [4.69, 9.17) is 10.5 Å². The Balaban J connectivity index is 2.97. The van der Waals surface area contributed by atoms with Gasteiger partial charge in [-0.1, -0.05) is 0 Å². The molecule has 0 saturated heterocycles. The Morgan fingerprint density at radius 3 is 2.40 bits per heavy atom. The minimum Gasteiger partial charge on any atom is -0.379 e. The molecule has 0 amide bonds. The quantitative estimate of drug-likeness (QED) is 0.480. The van der Waals surface area contributed by atoms with E-state index in [0.717, 1.165) is 19.0 Å². The SMILES string of the molecule is CN(C)CCCNc1cc(C#N)c(C#N)cc1[N+](=O)[O-]. The van der Waals surface area contributed by atoms with Gasteiger partial charge in [0.2, 0.25) is 0 Å². The van der Waals surface area contributed by atoms with Crippen LogP contribution in [0, 0.1) is 32.8 Å². The maximum Gasteiger partial charge on any atom is 0.293 e. The van der Waals surface area contributed by atoms with Crippen molar-refractivity contribution in [1.82, 2.24) is 4.90 Å². The van der Waals surface area contributed by atoms with Crippen LogP contribution in [0.3, 0.4) is 0 Å². The minimum absolute atomic E-state index is 0.0121. The average Bonchev–Trinajstić information content (AvgIpc) is 2.42. The number of nitrogens with one attached hydrogen (secondary N) is 1. The summed E-state index contributed by atoms with van der Waals surface area (Å²) in [7, 11) is 3.88. The van der Waals surface area contributed by atoms with Gasteiger partial charge in [-0.3, -0.25) is 10.1 Å². The molecule has 0 aliphatic carbocycles. The molecule has 0 radical (unpaired) electrons. The van der Waals surface area contributed by atoms with E-state index < -0.39 is 4.92 Å². The fraction of sp³-hybridized carbons (Fsp3) is 0.385. The molecule has 7 heteroatoms. The number of hydrogen-bond acceptors (Lipinski definition) is 6. The van der Waals surface area contributed by atoms with E-state index in [1.54, 1.807) is 6.07 Å². The van der Waals surface area contributed by atoms with Gasteiger partial charge in [0.25, 0.3) is 5.69 Å². The highest BCUT2D eigenvalue weighted by atomic mass is 16.6. The molecule has 1 N–H and O–H groups in total. The standard InChI is InChI=1S/C13H15N5O2/c1-17(2)5-3-4-16-12-6-10(8-14)11(9-15)7-13(12)18(19)20/h6-7,16H,3-5H2,1-2H3. The van der Waals surface area contributed by atoms with Gasteiger partial charge in [-0.25, -0.2) is 0 Å². The summed E-state index contributed by atoms with van der Waals surface area (Å²) in [5.74, 6) is 0. The molecule has 0 saturated carbocycles. The summed E-state index contributed by atoms with van der Waals surface area (Å²) in [5.41, 5.74) is 0.223. The molecule has 0 fully saturated rings. The first-order chi connectivity index (χ1) is 9.49. The Morgan fingerprint density at radius 2 is 1.90 bits per heavy atom. The van der Waals surface area contributed by atoms with E-state index in [1.165, 1.54) is 6.07 Å². The van der Waals surface area contributed by atoms with Crippen LogP contribution in [-0.4, -0.2) is 37.0 Å². The molecular weight excluding hydrogens is 258 g/mol. The zero-order chi connectivity index (χ0) is 15.1. The van der Waals surface area contributed by atoms with Gasteiger partial charge in [-0.05, 0) is 33.1 Å². The Kier molecular flexibility index (Phi) is 5.45. The first kappa shape index (κ1) is 15.4. The molecule has 1 aromatic carbocycles. The second-order valence-electron chi connectivity index (χ2n) is 4.48. The summed E-state index contributed by atoms with van der Waals surface area (Å²) < 4.78 is 0. The second kappa shape index (κ2) is 7.07. The van der Waals surface area contributed by atoms with E-state index >= 15 is 0 Å². The van der Waals surface area contributed by atoms with E-state index in [2.05, 4.69) is 5.32 Å². The van der Waals surface area contributed by atoms with Gasteiger partial charge in [0.15, 0.2) is 0 Å². The molecule has 20 heavy (non-hydrogen) atoms. The number of nitro benzene ring substituents is 1. The monoisotopic (exact) mass is 273 g/mol. The molecule has 7 nitrogen and oxygen atoms in total. The Hall–Kier alpha value is -2.64. The summed E-state index contributed by atoms with van der Waals surface area (Å²) in [6.07, 6.45) is 0.812. The summed E-state index contributed by atoms with van der Waals surface area (Å²) in [4.78, 5) is 12.4. The van der Waals surface area contributed by atoms with Gasteiger partial charge in [-0.2, -0.15) is 10.5 Å². The third kappa shape index (κ3) is 3.94. The van der Waals surface area contributed by atoms with Crippen LogP contribution < -0.4 is 5.32 Å². The maximum absolute atomic E-state index is 11.0. The normalized spacial score (nSPS) is 9.85. The maximum atomic E-state index is 11.0. The third-order valence-electron chi connectivity index (χ3n) is 2.67. The number of nitrogens with zero attached hydrogens (tertiary/aromatic N) is 4. The number of anilines is 1. The van der Waals surface area contributed by atoms with E-state index in [-0.39, 0.29) is 22.5 Å². The van der Waals surface area contributed by atoms with Crippen molar-refractivity contribution in [3.05, 3.63) is 33.4 Å². The van der Waals surface area contributed by atoms with Crippen molar-refractivity contribution >= 4 is 11.4 Å². The molecule has 1 rings (SSSR count). The predicted octanol–water partition coefficient (Wildman–Crippen LogP) is 1.70. The smallest absolute Gasteiger partial charge is 0.293 e. The molecule has 0 unspecified atom stereocenters. The lowest BCUT2D eigenvalue weighted by atomic mass is 10.1. The predicted molar refractivity (Wildman–Crippen MR) is 74.2 cm³/mol. The highest BCUT2D eigenvalue weighted by Gasteiger charge is 2.17. The lowest BCUT2D eigenvalue weighted by Crippen LogP contribution is -2.16. The van der Waals surface area contributed by atoms with Crippen molar-refractivity contribution < 1.29 is 4.92 Å². The molecule has 0 aliphatic heterocycles. The fourth-order valence-electron chi connectivity index (χ4n) is 1.68. The Bertz CT molecular complexity index is 584. The van der Waals surface area contributed by atoms with Crippen LogP contribution in [0.25, 0.3) is 0 Å². The van der Waals surface area contributed by atoms with Gasteiger partial charge >= 0.3 is 0 Å². The number of nitriles is 2. The zero-order valence-corrected chi connectivity index (χ0v) is 11.4. The van der Waals surface area contributed by atoms with Crippen LogP contribution in [0.2, 0.25) is 0 Å². The molecule has 104 valence electrons. The van der Waals surface area contributed by atoms with Crippen LogP contribution in [0.15, 0.2) is 12.1 Å². The van der Waals surface area contributed by atoms with Crippen LogP contribution in [0.4, 0.5) is 11.4 Å². The molecule has 0 atom stereocenters. The fourth-order valence-corrected chi connectivity index (χ4v) is 1.68. The number of rotatable bonds is 6. The van der Waals surface area contributed by atoms with Crippen LogP contribution >= 0.6 is 0 Å². The lowest BCUT2D eigenvalue weighted by molar-refractivity contribution is -0.384. The minimum atomic E-state index is -0.559. The van der Waals surface area contributed by atoms with Crippen molar-refractivity contribution in [2.75, 3.05) is 32.5 Å². The molecule has 1 aromatic rings. The molecule has 0 bridgehead atoms. The summed E-state index contributed by atoms with van der Waals surface area (Å²) in [6.45, 7) is 1.40. The van der Waals surface area contributed by atoms with Crippen LogP contribution in [-0.2, 0) is 0 Å². The highest BCUT2D eigenvalue weighted by molar-refractivity contribution is 5.68. The number of hydrogen-bond donors (Lipinski definition) is 1. The first-order valence-electron chi connectivity index (χ1n) is 6.00. The summed E-state index contributed by atoms with van der Waals surface area (Å²) in [6, 6.07) is 6.14. The zero-order valence-electron chi connectivity index (χ0n) is 11.4. The van der Waals surface area contributed by atoms with E-state index in [9.17, 15) is 10.1 Å². The molecular formula is C13H15N5O2. The molecule has 0 spiro atoms. The van der Waals surface area contributed by atoms with Crippen molar-refractivity contribution in [1.29, 1.82) is 10.5 Å². The van der Waals surface area contributed by atoms with Crippen molar-refractivity contribution in [2.24, 2.45) is 0 Å². The third-order valence-corrected chi connectivity index (χ3v) is 2.67. The van der Waals surface area contributed by atoms with Gasteiger partial charge in [0.1, 0.15) is 17.8 Å². The molecule has 0 heterocycles. The van der Waals surface area contributed by atoms with Gasteiger partial charge in [0, 0.05) is 12.6 Å². The average molecular weight is 273 g/mol. The Morgan fingerprint density at radius 1 is 1.30 bits per heavy atom. The van der Waals surface area contributed by atoms with Crippen LogP contribution in [0.1, 0.15) is 17.5 Å². The van der Waals surface area contributed by atoms with Crippen molar-refractivity contribution in [3.63, 3.8) is 0 Å². The molecule has 0 aromatic heterocycles. The van der Waals surface area contributed by atoms with Crippen molar-refractivity contribution in [3.8, 4) is 12.1 Å². The number of nitro groups is 1. The van der Waals surface area contributed by atoms with Crippen molar-refractivity contribution in [2.45, 2.75) is 6.42 Å². The lowest BCUT2D eigenvalue weighted by Gasteiger charge is -2.11. The Labute approximate surface area is 117 Å². The van der Waals surface area contributed by atoms with Gasteiger partial charge in [-0.15, -0.1) is 0 Å². The van der Waals surface area contributed by atoms with Crippen LogP contribution in [0.5, 0.6) is 0 Å².